The molecule has 0 bridgehead atoms. The Morgan fingerprint density at radius 1 is 1.37 bits per heavy atom. The third-order valence-electron chi connectivity index (χ3n) is 3.34. The quantitative estimate of drug-likeness (QED) is 0.771. The minimum Gasteiger partial charge on any atom is -0.352 e. The maximum atomic E-state index is 11.9. The van der Waals surface area contributed by atoms with Crippen LogP contribution in [0.4, 0.5) is 0 Å². The van der Waals surface area contributed by atoms with Crippen molar-refractivity contribution in [2.75, 3.05) is 19.6 Å². The third kappa shape index (κ3) is 5.67. The molecule has 2 rings (SSSR count). The van der Waals surface area contributed by atoms with Crippen molar-refractivity contribution < 1.29 is 4.79 Å². The van der Waals surface area contributed by atoms with Crippen molar-refractivity contribution in [1.29, 1.82) is 0 Å². The van der Waals surface area contributed by atoms with E-state index in [1.54, 1.807) is 0 Å². The zero-order valence-corrected chi connectivity index (χ0v) is 13.8. The smallest absolute Gasteiger partial charge is 0.251 e. The van der Waals surface area contributed by atoms with E-state index in [-0.39, 0.29) is 18.3 Å². The highest BCUT2D eigenvalue weighted by Gasteiger charge is 2.13. The van der Waals surface area contributed by atoms with Crippen LogP contribution in [-0.4, -0.2) is 25.5 Å². The molecule has 106 valence electrons. The van der Waals surface area contributed by atoms with E-state index >= 15 is 0 Å². The predicted octanol–water partition coefficient (Wildman–Crippen LogP) is 2.83. The number of benzene rings is 1. The minimum absolute atomic E-state index is 0. The van der Waals surface area contributed by atoms with E-state index in [1.165, 1.54) is 12.8 Å². The molecule has 0 aromatic heterocycles. The lowest BCUT2D eigenvalue weighted by Crippen LogP contribution is -2.33. The first-order valence-electron chi connectivity index (χ1n) is 6.50. The summed E-state index contributed by atoms with van der Waals surface area (Å²) in [5.74, 6) is 0.756. The number of amides is 1. The molecule has 5 heteroatoms. The van der Waals surface area contributed by atoms with Gasteiger partial charge in [-0.3, -0.25) is 4.79 Å². The number of rotatable bonds is 4. The van der Waals surface area contributed by atoms with Gasteiger partial charge >= 0.3 is 0 Å². The van der Waals surface area contributed by atoms with Crippen molar-refractivity contribution in [1.82, 2.24) is 10.6 Å². The molecule has 0 radical (unpaired) electrons. The summed E-state index contributed by atoms with van der Waals surface area (Å²) in [4.78, 5) is 11.9. The average Bonchev–Trinajstić information content (AvgIpc) is 2.40. The van der Waals surface area contributed by atoms with Crippen LogP contribution in [0.25, 0.3) is 0 Å². The summed E-state index contributed by atoms with van der Waals surface area (Å²) < 4.78 is 1.15. The van der Waals surface area contributed by atoms with Crippen LogP contribution in [0.3, 0.4) is 0 Å². The molecule has 0 spiro atoms. The van der Waals surface area contributed by atoms with Crippen LogP contribution in [0.15, 0.2) is 24.3 Å². The molecule has 1 fully saturated rings. The van der Waals surface area contributed by atoms with Crippen LogP contribution >= 0.6 is 35.0 Å². The van der Waals surface area contributed by atoms with Gasteiger partial charge < -0.3 is 10.6 Å². The maximum absolute atomic E-state index is 11.9. The van der Waals surface area contributed by atoms with E-state index in [0.29, 0.717) is 0 Å². The Morgan fingerprint density at radius 3 is 2.74 bits per heavy atom. The molecule has 1 aromatic rings. The van der Waals surface area contributed by atoms with E-state index in [9.17, 15) is 4.79 Å². The van der Waals surface area contributed by atoms with Crippen molar-refractivity contribution >= 4 is 40.9 Å². The van der Waals surface area contributed by atoms with Crippen molar-refractivity contribution in [3.8, 4) is 0 Å². The molecule has 1 saturated heterocycles. The Hall–Kier alpha value is -0.330. The number of halogens is 2. The standard InChI is InChI=1S/C14H19IN2O.ClH/c15-13-5-3-12(4-6-13)14(18)17-9-7-11-2-1-8-16-10-11;/h3-6,11,16H,1-2,7-10H2,(H,17,18);1H. The molecule has 1 unspecified atom stereocenters. The Bertz CT molecular complexity index is 391. The number of hydrogen-bond acceptors (Lipinski definition) is 2. The van der Waals surface area contributed by atoms with Crippen molar-refractivity contribution in [3.63, 3.8) is 0 Å². The lowest BCUT2D eigenvalue weighted by molar-refractivity contribution is 0.0950. The first kappa shape index (κ1) is 16.7. The molecule has 1 amide bonds. The second-order valence-electron chi connectivity index (χ2n) is 4.76. The summed E-state index contributed by atoms with van der Waals surface area (Å²) in [6.07, 6.45) is 3.62. The SMILES string of the molecule is Cl.O=C(NCCC1CCCNC1)c1ccc(I)cc1. The zero-order valence-electron chi connectivity index (χ0n) is 10.8. The van der Waals surface area contributed by atoms with E-state index in [2.05, 4.69) is 33.2 Å². The first-order chi connectivity index (χ1) is 8.75. The molecule has 1 aliphatic heterocycles. The van der Waals surface area contributed by atoms with Gasteiger partial charge in [0.05, 0.1) is 0 Å². The summed E-state index contributed by atoms with van der Waals surface area (Å²) in [5.41, 5.74) is 0.747. The highest BCUT2D eigenvalue weighted by atomic mass is 127. The molecular weight excluding hydrogens is 375 g/mol. The minimum atomic E-state index is 0. The summed E-state index contributed by atoms with van der Waals surface area (Å²) >= 11 is 2.24. The summed E-state index contributed by atoms with van der Waals surface area (Å²) in [5, 5.41) is 6.39. The van der Waals surface area contributed by atoms with Gasteiger partial charge in [0.25, 0.3) is 5.91 Å². The number of piperidine rings is 1. The van der Waals surface area contributed by atoms with Gasteiger partial charge in [-0.25, -0.2) is 0 Å². The van der Waals surface area contributed by atoms with Crippen molar-refractivity contribution in [3.05, 3.63) is 33.4 Å². The predicted molar refractivity (Wildman–Crippen MR) is 89.0 cm³/mol. The number of hydrogen-bond donors (Lipinski definition) is 2. The van der Waals surface area contributed by atoms with Crippen LogP contribution < -0.4 is 10.6 Å². The van der Waals surface area contributed by atoms with Crippen LogP contribution in [0.2, 0.25) is 0 Å². The fraction of sp³-hybridized carbons (Fsp3) is 0.500. The van der Waals surface area contributed by atoms with Crippen LogP contribution in [0.1, 0.15) is 29.6 Å². The molecule has 0 aliphatic carbocycles. The average molecular weight is 395 g/mol. The summed E-state index contributed by atoms with van der Waals surface area (Å²) in [7, 11) is 0. The molecule has 2 N–H and O–H groups in total. The van der Waals surface area contributed by atoms with Gasteiger partial charge in [0.15, 0.2) is 0 Å². The molecule has 1 aromatic carbocycles. The molecule has 1 heterocycles. The Morgan fingerprint density at radius 2 is 2.11 bits per heavy atom. The van der Waals surface area contributed by atoms with E-state index in [1.807, 2.05) is 24.3 Å². The largest absolute Gasteiger partial charge is 0.352 e. The topological polar surface area (TPSA) is 41.1 Å². The Kier molecular flexibility index (Phi) is 7.71. The summed E-state index contributed by atoms with van der Waals surface area (Å²) in [6, 6.07) is 7.67. The van der Waals surface area contributed by atoms with E-state index in [0.717, 1.165) is 41.1 Å². The second-order valence-corrected chi connectivity index (χ2v) is 6.01. The lowest BCUT2D eigenvalue weighted by Gasteiger charge is -2.22. The third-order valence-corrected chi connectivity index (χ3v) is 4.06. The normalized spacial score (nSPS) is 18.5. The van der Waals surface area contributed by atoms with Gasteiger partial charge in [0.1, 0.15) is 0 Å². The Labute approximate surface area is 134 Å². The van der Waals surface area contributed by atoms with Crippen molar-refractivity contribution in [2.24, 2.45) is 5.92 Å². The fourth-order valence-corrected chi connectivity index (χ4v) is 2.62. The Balaban J connectivity index is 0.00000180. The number of carbonyl (C=O) groups is 1. The van der Waals surface area contributed by atoms with Gasteiger partial charge in [-0.1, -0.05) is 0 Å². The van der Waals surface area contributed by atoms with Crippen LogP contribution in [-0.2, 0) is 0 Å². The zero-order chi connectivity index (χ0) is 12.8. The number of nitrogens with one attached hydrogen (secondary N) is 2. The van der Waals surface area contributed by atoms with Crippen molar-refractivity contribution in [2.45, 2.75) is 19.3 Å². The lowest BCUT2D eigenvalue weighted by atomic mass is 9.96. The van der Waals surface area contributed by atoms with E-state index in [4.69, 9.17) is 0 Å². The fourth-order valence-electron chi connectivity index (χ4n) is 2.26. The van der Waals surface area contributed by atoms with Gasteiger partial charge in [0.2, 0.25) is 0 Å². The monoisotopic (exact) mass is 394 g/mol. The summed E-state index contributed by atoms with van der Waals surface area (Å²) in [6.45, 7) is 3.02. The second kappa shape index (κ2) is 8.76. The molecular formula is C14H20ClIN2O. The molecule has 1 aliphatic rings. The maximum Gasteiger partial charge on any atom is 0.251 e. The number of carbonyl (C=O) groups excluding carboxylic acids is 1. The van der Waals surface area contributed by atoms with Crippen LogP contribution in [0.5, 0.6) is 0 Å². The van der Waals surface area contributed by atoms with Gasteiger partial charge in [-0.05, 0) is 85.1 Å². The first-order valence-corrected chi connectivity index (χ1v) is 7.58. The van der Waals surface area contributed by atoms with E-state index < -0.39 is 0 Å². The highest BCUT2D eigenvalue weighted by Crippen LogP contribution is 2.13. The van der Waals surface area contributed by atoms with Gasteiger partial charge in [-0.2, -0.15) is 0 Å². The molecule has 3 nitrogen and oxygen atoms in total. The molecule has 0 saturated carbocycles. The molecule has 19 heavy (non-hydrogen) atoms. The van der Waals surface area contributed by atoms with Gasteiger partial charge in [0, 0.05) is 15.7 Å². The molecule has 1 atom stereocenters. The van der Waals surface area contributed by atoms with Crippen LogP contribution in [0, 0.1) is 9.49 Å². The highest BCUT2D eigenvalue weighted by molar-refractivity contribution is 14.1. The van der Waals surface area contributed by atoms with Gasteiger partial charge in [-0.15, -0.1) is 12.4 Å².